The van der Waals surface area contributed by atoms with Crippen molar-refractivity contribution < 1.29 is 14.7 Å². The molecule has 1 aromatic carbocycles. The van der Waals surface area contributed by atoms with Crippen molar-refractivity contribution >= 4 is 17.4 Å². The maximum atomic E-state index is 12.6. The number of rotatable bonds is 4. The fourth-order valence-corrected chi connectivity index (χ4v) is 2.75. The zero-order chi connectivity index (χ0) is 16.4. The number of hydrogen-bond donors (Lipinski definition) is 1. The molecule has 2 heterocycles. The highest BCUT2D eigenvalue weighted by Crippen LogP contribution is 2.40. The van der Waals surface area contributed by atoms with Crippen molar-refractivity contribution in [3.05, 3.63) is 71.8 Å². The normalized spacial score (nSPS) is 17.7. The first-order valence-electron chi connectivity index (χ1n) is 7.41. The molecular weight excluding hydrogens is 292 g/mol. The van der Waals surface area contributed by atoms with Crippen LogP contribution in [0.15, 0.2) is 66.1 Å². The summed E-state index contributed by atoms with van der Waals surface area (Å²) in [4.78, 5) is 30.6. The van der Waals surface area contributed by atoms with Crippen molar-refractivity contribution in [2.24, 2.45) is 0 Å². The van der Waals surface area contributed by atoms with E-state index in [0.29, 0.717) is 11.4 Å². The molecule has 0 saturated carbocycles. The molecular formula is C18H16N2O3. The van der Waals surface area contributed by atoms with Gasteiger partial charge in [-0.3, -0.25) is 19.5 Å². The number of anilines is 1. The molecule has 1 aromatic heterocycles. The Labute approximate surface area is 133 Å². The van der Waals surface area contributed by atoms with Gasteiger partial charge in [0.1, 0.15) is 6.04 Å². The second kappa shape index (κ2) is 6.04. The summed E-state index contributed by atoms with van der Waals surface area (Å²) in [7, 11) is 0. The summed E-state index contributed by atoms with van der Waals surface area (Å²) in [5.41, 5.74) is 1.27. The molecule has 1 unspecified atom stereocenters. The Kier molecular flexibility index (Phi) is 3.93. The van der Waals surface area contributed by atoms with E-state index in [9.17, 15) is 14.7 Å². The van der Waals surface area contributed by atoms with Gasteiger partial charge < -0.3 is 5.11 Å². The van der Waals surface area contributed by atoms with E-state index in [1.165, 1.54) is 4.90 Å². The molecule has 5 heteroatoms. The number of amides is 1. The Bertz CT molecular complexity index is 769. The summed E-state index contributed by atoms with van der Waals surface area (Å²) in [6.07, 6.45) is 1.81. The van der Waals surface area contributed by atoms with Crippen LogP contribution in [-0.4, -0.2) is 21.8 Å². The van der Waals surface area contributed by atoms with E-state index in [1.54, 1.807) is 55.6 Å². The van der Waals surface area contributed by atoms with Crippen LogP contribution >= 0.6 is 0 Å². The fourth-order valence-electron chi connectivity index (χ4n) is 2.75. The van der Waals surface area contributed by atoms with Gasteiger partial charge in [-0.1, -0.05) is 31.2 Å². The van der Waals surface area contributed by atoms with E-state index in [1.807, 2.05) is 6.07 Å². The second-order valence-corrected chi connectivity index (χ2v) is 5.21. The third kappa shape index (κ3) is 2.50. The van der Waals surface area contributed by atoms with Crippen LogP contribution in [0.2, 0.25) is 0 Å². The molecule has 0 bridgehead atoms. The number of aromatic nitrogens is 1. The SMILES string of the molecule is CCC(=O)C1=C(O)C(=O)N(c2ccccc2)C1c1ccccn1. The van der Waals surface area contributed by atoms with Crippen molar-refractivity contribution in [2.75, 3.05) is 4.90 Å². The third-order valence-corrected chi connectivity index (χ3v) is 3.83. The Morgan fingerprint density at radius 1 is 1.17 bits per heavy atom. The number of nitrogens with zero attached hydrogens (tertiary/aromatic N) is 2. The summed E-state index contributed by atoms with van der Waals surface area (Å²) < 4.78 is 0. The van der Waals surface area contributed by atoms with E-state index in [4.69, 9.17) is 0 Å². The summed E-state index contributed by atoms with van der Waals surface area (Å²) in [5.74, 6) is -1.33. The predicted molar refractivity (Wildman–Crippen MR) is 85.9 cm³/mol. The number of aliphatic hydroxyl groups excluding tert-OH is 1. The largest absolute Gasteiger partial charge is 0.503 e. The van der Waals surface area contributed by atoms with Gasteiger partial charge >= 0.3 is 0 Å². The molecule has 0 aliphatic carbocycles. The van der Waals surface area contributed by atoms with Crippen molar-refractivity contribution in [2.45, 2.75) is 19.4 Å². The lowest BCUT2D eigenvalue weighted by molar-refractivity contribution is -0.118. The van der Waals surface area contributed by atoms with E-state index < -0.39 is 17.7 Å². The second-order valence-electron chi connectivity index (χ2n) is 5.21. The van der Waals surface area contributed by atoms with Gasteiger partial charge in [0.05, 0.1) is 11.3 Å². The van der Waals surface area contributed by atoms with Gasteiger partial charge in [0.2, 0.25) is 0 Å². The minimum atomic E-state index is -0.710. The van der Waals surface area contributed by atoms with Crippen LogP contribution in [0, 0.1) is 0 Å². The summed E-state index contributed by atoms with van der Waals surface area (Å²) in [6.45, 7) is 1.70. The number of hydrogen-bond acceptors (Lipinski definition) is 4. The average Bonchev–Trinajstić information content (AvgIpc) is 2.87. The van der Waals surface area contributed by atoms with E-state index in [0.717, 1.165) is 0 Å². The molecule has 0 spiro atoms. The minimum Gasteiger partial charge on any atom is -0.503 e. The number of aliphatic hydroxyl groups is 1. The Morgan fingerprint density at radius 2 is 1.87 bits per heavy atom. The Balaban J connectivity index is 2.17. The van der Waals surface area contributed by atoms with Crippen molar-refractivity contribution in [3.8, 4) is 0 Å². The molecule has 1 aliphatic rings. The van der Waals surface area contributed by atoms with Gasteiger partial charge in [0, 0.05) is 18.3 Å². The first-order chi connectivity index (χ1) is 11.1. The maximum Gasteiger partial charge on any atom is 0.294 e. The average molecular weight is 308 g/mol. The molecule has 0 radical (unpaired) electrons. The number of pyridine rings is 1. The van der Waals surface area contributed by atoms with Crippen LogP contribution in [0.3, 0.4) is 0 Å². The molecule has 116 valence electrons. The molecule has 1 atom stereocenters. The van der Waals surface area contributed by atoms with Gasteiger partial charge in [0.25, 0.3) is 5.91 Å². The number of carbonyl (C=O) groups excluding carboxylic acids is 2. The smallest absolute Gasteiger partial charge is 0.294 e. The number of Topliss-reactive ketones (excluding diaryl/α,β-unsaturated/α-hetero) is 1. The highest BCUT2D eigenvalue weighted by atomic mass is 16.3. The quantitative estimate of drug-likeness (QED) is 0.942. The first kappa shape index (κ1) is 15.0. The van der Waals surface area contributed by atoms with Crippen molar-refractivity contribution in [1.29, 1.82) is 0 Å². The third-order valence-electron chi connectivity index (χ3n) is 3.83. The summed E-state index contributed by atoms with van der Waals surface area (Å²) >= 11 is 0. The van der Waals surface area contributed by atoms with E-state index >= 15 is 0 Å². The molecule has 3 rings (SSSR count). The van der Waals surface area contributed by atoms with Gasteiger partial charge in [-0.25, -0.2) is 0 Å². The molecule has 23 heavy (non-hydrogen) atoms. The van der Waals surface area contributed by atoms with Gasteiger partial charge in [0.15, 0.2) is 11.5 Å². The molecule has 1 N–H and O–H groups in total. The van der Waals surface area contributed by atoms with Crippen LogP contribution in [-0.2, 0) is 9.59 Å². The molecule has 5 nitrogen and oxygen atoms in total. The van der Waals surface area contributed by atoms with Crippen molar-refractivity contribution in [3.63, 3.8) is 0 Å². The number of ketones is 1. The van der Waals surface area contributed by atoms with Crippen LogP contribution in [0.5, 0.6) is 0 Å². The summed E-state index contributed by atoms with van der Waals surface area (Å²) in [5, 5.41) is 10.3. The van der Waals surface area contributed by atoms with Crippen LogP contribution in [0.1, 0.15) is 25.1 Å². The minimum absolute atomic E-state index is 0.111. The summed E-state index contributed by atoms with van der Waals surface area (Å²) in [6, 6.07) is 13.6. The molecule has 1 amide bonds. The number of carbonyl (C=O) groups is 2. The zero-order valence-corrected chi connectivity index (χ0v) is 12.6. The van der Waals surface area contributed by atoms with Crippen LogP contribution in [0.4, 0.5) is 5.69 Å². The highest BCUT2D eigenvalue weighted by Gasteiger charge is 2.44. The topological polar surface area (TPSA) is 70.5 Å². The lowest BCUT2D eigenvalue weighted by Crippen LogP contribution is -2.31. The maximum absolute atomic E-state index is 12.6. The highest BCUT2D eigenvalue weighted by molar-refractivity contribution is 6.16. The van der Waals surface area contributed by atoms with Gasteiger partial charge in [-0.05, 0) is 24.3 Å². The Morgan fingerprint density at radius 3 is 2.48 bits per heavy atom. The van der Waals surface area contributed by atoms with E-state index in [-0.39, 0.29) is 17.8 Å². The standard InChI is InChI=1S/C18H16N2O3/c1-2-14(21)15-16(13-10-6-7-11-19-13)20(18(23)17(15)22)12-8-4-3-5-9-12/h3-11,16,22H,2H2,1H3. The van der Waals surface area contributed by atoms with E-state index in [2.05, 4.69) is 4.98 Å². The monoisotopic (exact) mass is 308 g/mol. The van der Waals surface area contributed by atoms with Crippen molar-refractivity contribution in [1.82, 2.24) is 4.98 Å². The van der Waals surface area contributed by atoms with Gasteiger partial charge in [-0.2, -0.15) is 0 Å². The van der Waals surface area contributed by atoms with Gasteiger partial charge in [-0.15, -0.1) is 0 Å². The van der Waals surface area contributed by atoms with Crippen LogP contribution < -0.4 is 4.90 Å². The molecule has 2 aromatic rings. The first-order valence-corrected chi connectivity index (χ1v) is 7.41. The predicted octanol–water partition coefficient (Wildman–Crippen LogP) is 2.96. The fraction of sp³-hybridized carbons (Fsp3) is 0.167. The molecule has 1 aliphatic heterocycles. The molecule has 0 saturated heterocycles. The van der Waals surface area contributed by atoms with Crippen LogP contribution in [0.25, 0.3) is 0 Å². The zero-order valence-electron chi connectivity index (χ0n) is 12.6. The molecule has 0 fully saturated rings. The lowest BCUT2D eigenvalue weighted by atomic mass is 9.98. The number of para-hydroxylation sites is 1. The lowest BCUT2D eigenvalue weighted by Gasteiger charge is -2.25. The number of benzene rings is 1. The Hall–Kier alpha value is -2.95.